The van der Waals surface area contributed by atoms with Gasteiger partial charge in [-0.1, -0.05) is 6.07 Å². The van der Waals surface area contributed by atoms with Gasteiger partial charge in [0.2, 0.25) is 0 Å². The van der Waals surface area contributed by atoms with Crippen LogP contribution in [0, 0.1) is 17.1 Å². The molecule has 0 atom stereocenters. The molecule has 0 amide bonds. The van der Waals surface area contributed by atoms with Gasteiger partial charge in [-0.25, -0.2) is 9.37 Å². The van der Waals surface area contributed by atoms with Crippen LogP contribution in [0.1, 0.15) is 5.56 Å². The SMILES string of the molecule is COc1ccc(-c2cncc(-c3ccc(C#N)c(F)c3)n2)cc1. The second kappa shape index (κ2) is 6.24. The monoisotopic (exact) mass is 305 g/mol. The summed E-state index contributed by atoms with van der Waals surface area (Å²) in [5, 5.41) is 8.79. The number of aromatic nitrogens is 2. The van der Waals surface area contributed by atoms with Gasteiger partial charge in [0.05, 0.1) is 36.5 Å². The minimum atomic E-state index is -0.568. The maximum Gasteiger partial charge on any atom is 0.141 e. The summed E-state index contributed by atoms with van der Waals surface area (Å²) < 4.78 is 18.9. The molecule has 1 aromatic heterocycles. The zero-order valence-electron chi connectivity index (χ0n) is 12.3. The standard InChI is InChI=1S/C18H12FN3O/c1-23-15-6-4-12(5-7-15)17-10-21-11-18(22-17)13-2-3-14(9-20)16(19)8-13/h2-8,10-11H,1H3. The number of nitriles is 1. The third-order valence-electron chi connectivity index (χ3n) is 3.41. The third kappa shape index (κ3) is 3.01. The zero-order valence-corrected chi connectivity index (χ0v) is 12.3. The van der Waals surface area contributed by atoms with E-state index in [9.17, 15) is 4.39 Å². The van der Waals surface area contributed by atoms with E-state index < -0.39 is 5.82 Å². The van der Waals surface area contributed by atoms with E-state index in [1.165, 1.54) is 12.1 Å². The lowest BCUT2D eigenvalue weighted by atomic mass is 10.1. The van der Waals surface area contributed by atoms with Crippen LogP contribution in [-0.4, -0.2) is 17.1 Å². The van der Waals surface area contributed by atoms with Crippen LogP contribution in [0.25, 0.3) is 22.5 Å². The summed E-state index contributed by atoms with van der Waals surface area (Å²) in [6, 6.07) is 13.6. The molecule has 112 valence electrons. The van der Waals surface area contributed by atoms with Crippen LogP contribution in [0.2, 0.25) is 0 Å². The first-order valence-corrected chi connectivity index (χ1v) is 6.88. The second-order valence-electron chi connectivity index (χ2n) is 4.82. The van der Waals surface area contributed by atoms with Crippen molar-refractivity contribution in [3.8, 4) is 34.3 Å². The Bertz CT molecular complexity index is 886. The number of rotatable bonds is 3. The van der Waals surface area contributed by atoms with Crippen molar-refractivity contribution in [3.63, 3.8) is 0 Å². The van der Waals surface area contributed by atoms with Gasteiger partial charge in [-0.15, -0.1) is 0 Å². The fraction of sp³-hybridized carbons (Fsp3) is 0.0556. The minimum Gasteiger partial charge on any atom is -0.497 e. The highest BCUT2D eigenvalue weighted by Gasteiger charge is 2.08. The molecule has 0 saturated carbocycles. The van der Waals surface area contributed by atoms with Gasteiger partial charge < -0.3 is 4.74 Å². The summed E-state index contributed by atoms with van der Waals surface area (Å²) in [7, 11) is 1.61. The quantitative estimate of drug-likeness (QED) is 0.738. The fourth-order valence-corrected chi connectivity index (χ4v) is 2.17. The number of methoxy groups -OCH3 is 1. The van der Waals surface area contributed by atoms with Crippen LogP contribution >= 0.6 is 0 Å². The lowest BCUT2D eigenvalue weighted by Gasteiger charge is -2.06. The molecule has 3 aromatic rings. The molecular weight excluding hydrogens is 293 g/mol. The topological polar surface area (TPSA) is 58.8 Å². The molecule has 0 aliphatic carbocycles. The van der Waals surface area contributed by atoms with E-state index in [1.807, 2.05) is 24.3 Å². The molecule has 4 nitrogen and oxygen atoms in total. The van der Waals surface area contributed by atoms with E-state index in [-0.39, 0.29) is 5.56 Å². The van der Waals surface area contributed by atoms with Gasteiger partial charge in [0.1, 0.15) is 17.6 Å². The first-order valence-electron chi connectivity index (χ1n) is 6.88. The van der Waals surface area contributed by atoms with Gasteiger partial charge in [-0.3, -0.25) is 4.98 Å². The Balaban J connectivity index is 1.99. The summed E-state index contributed by atoms with van der Waals surface area (Å²) >= 11 is 0. The third-order valence-corrected chi connectivity index (χ3v) is 3.41. The van der Waals surface area contributed by atoms with E-state index in [0.29, 0.717) is 17.0 Å². The highest BCUT2D eigenvalue weighted by Crippen LogP contribution is 2.24. The molecule has 0 aliphatic rings. The van der Waals surface area contributed by atoms with E-state index in [4.69, 9.17) is 10.00 Å². The maximum absolute atomic E-state index is 13.8. The summed E-state index contributed by atoms with van der Waals surface area (Å²) in [6.45, 7) is 0. The van der Waals surface area contributed by atoms with E-state index >= 15 is 0 Å². The molecule has 0 aliphatic heterocycles. The lowest BCUT2D eigenvalue weighted by Crippen LogP contribution is -1.92. The van der Waals surface area contributed by atoms with Crippen LogP contribution in [0.3, 0.4) is 0 Å². The fourth-order valence-electron chi connectivity index (χ4n) is 2.17. The molecule has 0 fully saturated rings. The Morgan fingerprint density at radius 1 is 1.00 bits per heavy atom. The summed E-state index contributed by atoms with van der Waals surface area (Å²) in [4.78, 5) is 8.68. The predicted molar refractivity (Wildman–Crippen MR) is 84.1 cm³/mol. The number of benzene rings is 2. The smallest absolute Gasteiger partial charge is 0.141 e. The van der Waals surface area contributed by atoms with Gasteiger partial charge in [0, 0.05) is 11.1 Å². The van der Waals surface area contributed by atoms with Crippen molar-refractivity contribution in [1.29, 1.82) is 5.26 Å². The van der Waals surface area contributed by atoms with Crippen molar-refractivity contribution in [2.24, 2.45) is 0 Å². The van der Waals surface area contributed by atoms with Gasteiger partial charge in [0.25, 0.3) is 0 Å². The van der Waals surface area contributed by atoms with Gasteiger partial charge in [0.15, 0.2) is 0 Å². The van der Waals surface area contributed by atoms with Crippen molar-refractivity contribution in [3.05, 3.63) is 66.2 Å². The molecule has 0 radical (unpaired) electrons. The van der Waals surface area contributed by atoms with Crippen molar-refractivity contribution >= 4 is 0 Å². The van der Waals surface area contributed by atoms with E-state index in [0.717, 1.165) is 11.3 Å². The van der Waals surface area contributed by atoms with Gasteiger partial charge in [-0.2, -0.15) is 5.26 Å². The Morgan fingerprint density at radius 3 is 2.26 bits per heavy atom. The van der Waals surface area contributed by atoms with Crippen molar-refractivity contribution in [2.45, 2.75) is 0 Å². The largest absolute Gasteiger partial charge is 0.497 e. The number of nitrogens with zero attached hydrogens (tertiary/aromatic N) is 3. The molecule has 0 saturated heterocycles. The van der Waals surface area contributed by atoms with Crippen molar-refractivity contribution in [2.75, 3.05) is 7.11 Å². The lowest BCUT2D eigenvalue weighted by molar-refractivity contribution is 0.415. The van der Waals surface area contributed by atoms with Gasteiger partial charge >= 0.3 is 0 Å². The Morgan fingerprint density at radius 2 is 1.65 bits per heavy atom. The van der Waals surface area contributed by atoms with Crippen molar-refractivity contribution in [1.82, 2.24) is 9.97 Å². The summed E-state index contributed by atoms with van der Waals surface area (Å²) in [5.41, 5.74) is 2.68. The Kier molecular flexibility index (Phi) is 3.98. The van der Waals surface area contributed by atoms with Crippen LogP contribution < -0.4 is 4.74 Å². The maximum atomic E-state index is 13.8. The molecule has 23 heavy (non-hydrogen) atoms. The van der Waals surface area contributed by atoms with Crippen LogP contribution in [0.5, 0.6) is 5.75 Å². The average molecular weight is 305 g/mol. The first-order chi connectivity index (χ1) is 11.2. The van der Waals surface area contributed by atoms with Crippen LogP contribution in [0.15, 0.2) is 54.9 Å². The van der Waals surface area contributed by atoms with Crippen LogP contribution in [-0.2, 0) is 0 Å². The molecule has 0 N–H and O–H groups in total. The predicted octanol–water partition coefficient (Wildman–Crippen LogP) is 3.83. The second-order valence-corrected chi connectivity index (χ2v) is 4.82. The highest BCUT2D eigenvalue weighted by atomic mass is 19.1. The first kappa shape index (κ1) is 14.7. The molecular formula is C18H12FN3O. The molecule has 2 aromatic carbocycles. The number of hydrogen-bond acceptors (Lipinski definition) is 4. The Hall–Kier alpha value is -3.26. The highest BCUT2D eigenvalue weighted by molar-refractivity contribution is 5.65. The number of hydrogen-bond donors (Lipinski definition) is 0. The number of halogens is 1. The van der Waals surface area contributed by atoms with E-state index in [1.54, 1.807) is 31.6 Å². The zero-order chi connectivity index (χ0) is 16.2. The molecule has 5 heteroatoms. The average Bonchev–Trinajstić information content (AvgIpc) is 2.62. The van der Waals surface area contributed by atoms with E-state index in [2.05, 4.69) is 9.97 Å². The summed E-state index contributed by atoms with van der Waals surface area (Å²) in [6.07, 6.45) is 3.21. The van der Waals surface area contributed by atoms with Gasteiger partial charge in [-0.05, 0) is 36.4 Å². The Labute approximate surface area is 132 Å². The normalized spacial score (nSPS) is 10.1. The molecule has 0 spiro atoms. The van der Waals surface area contributed by atoms with Crippen molar-refractivity contribution < 1.29 is 9.13 Å². The number of ether oxygens (including phenoxy) is 1. The molecule has 0 bridgehead atoms. The molecule has 3 rings (SSSR count). The van der Waals surface area contributed by atoms with Crippen LogP contribution in [0.4, 0.5) is 4.39 Å². The summed E-state index contributed by atoms with van der Waals surface area (Å²) in [5.74, 6) is 0.189. The molecule has 0 unspecified atom stereocenters. The molecule has 1 heterocycles. The minimum absolute atomic E-state index is 0.00742.